The Morgan fingerprint density at radius 1 is 0.473 bits per heavy atom. The zero-order chi connectivity index (χ0) is 40.1. The molecule has 0 aromatic heterocycles. The number of esters is 2. The highest BCUT2D eigenvalue weighted by Gasteiger charge is 2.41. The Morgan fingerprint density at radius 2 is 0.818 bits per heavy atom. The molecule has 2 atom stereocenters. The summed E-state index contributed by atoms with van der Waals surface area (Å²) in [6.07, 6.45) is 0. The zero-order valence-electron chi connectivity index (χ0n) is 34.8. The number of ether oxygens (including phenoxy) is 5. The Hall–Kier alpha value is -4.62. The van der Waals surface area contributed by atoms with Crippen LogP contribution in [0.15, 0.2) is 72.8 Å². The number of rotatable bonds is 10. The minimum Gasteiger partial charge on any atom is -0.491 e. The first-order valence-electron chi connectivity index (χ1n) is 19.5. The van der Waals surface area contributed by atoms with E-state index in [0.717, 1.165) is 33.4 Å². The summed E-state index contributed by atoms with van der Waals surface area (Å²) in [5.74, 6) is 1.33. The van der Waals surface area contributed by atoms with Crippen LogP contribution >= 0.6 is 0 Å². The first-order chi connectivity index (χ1) is 25.6. The summed E-state index contributed by atoms with van der Waals surface area (Å²) in [6.45, 7) is 27.6. The minimum absolute atomic E-state index is 0.0707. The van der Waals surface area contributed by atoms with Crippen LogP contribution in [-0.2, 0) is 36.0 Å². The summed E-state index contributed by atoms with van der Waals surface area (Å²) < 4.78 is 29.5. The molecule has 0 saturated heterocycles. The van der Waals surface area contributed by atoms with Crippen molar-refractivity contribution in [1.82, 2.24) is 0 Å². The van der Waals surface area contributed by atoms with Gasteiger partial charge in [0.05, 0.1) is 13.2 Å². The molecule has 4 aromatic carbocycles. The van der Waals surface area contributed by atoms with Crippen LogP contribution in [0.5, 0.6) is 23.0 Å². The van der Waals surface area contributed by atoms with Crippen LogP contribution in [-0.4, -0.2) is 38.4 Å². The van der Waals surface area contributed by atoms with E-state index < -0.39 is 11.8 Å². The van der Waals surface area contributed by atoms with Gasteiger partial charge >= 0.3 is 11.9 Å². The largest absolute Gasteiger partial charge is 0.491 e. The number of benzene rings is 4. The summed E-state index contributed by atoms with van der Waals surface area (Å²) in [5.41, 5.74) is 7.60. The van der Waals surface area contributed by atoms with Crippen molar-refractivity contribution in [3.05, 3.63) is 117 Å². The molecule has 2 aliphatic rings. The third kappa shape index (κ3) is 8.62. The monoisotopic (exact) mass is 746 g/mol. The predicted octanol–water partition coefficient (Wildman–Crippen LogP) is 10.5. The summed E-state index contributed by atoms with van der Waals surface area (Å²) in [5, 5.41) is 0. The second-order valence-corrected chi connectivity index (χ2v) is 19.0. The van der Waals surface area contributed by atoms with Crippen molar-refractivity contribution in [3.8, 4) is 23.0 Å². The lowest BCUT2D eigenvalue weighted by Crippen LogP contribution is -2.17. The average Bonchev–Trinajstić information content (AvgIpc) is 3.60. The van der Waals surface area contributed by atoms with Crippen molar-refractivity contribution in [1.29, 1.82) is 0 Å². The van der Waals surface area contributed by atoms with E-state index in [1.165, 1.54) is 11.1 Å². The second kappa shape index (κ2) is 14.8. The molecule has 0 amide bonds. The van der Waals surface area contributed by atoms with Gasteiger partial charge in [-0.2, -0.15) is 0 Å². The molecule has 55 heavy (non-hydrogen) atoms. The smallest absolute Gasteiger partial charge is 0.323 e. The quantitative estimate of drug-likeness (QED) is 0.0908. The molecule has 7 heteroatoms. The first kappa shape index (κ1) is 40.1. The zero-order valence-corrected chi connectivity index (χ0v) is 34.8. The fourth-order valence-electron chi connectivity index (χ4n) is 7.20. The number of hydrogen-bond donors (Lipinski definition) is 0. The maximum Gasteiger partial charge on any atom is 0.323 e. The molecule has 0 fully saturated rings. The topological polar surface area (TPSA) is 80.3 Å². The number of carbonyl (C=O) groups excluding carboxylic acids is 2. The van der Waals surface area contributed by atoms with Gasteiger partial charge in [-0.3, -0.25) is 9.59 Å². The molecule has 2 heterocycles. The molecular weight excluding hydrogens is 689 g/mol. The van der Waals surface area contributed by atoms with Crippen molar-refractivity contribution < 1.29 is 33.3 Å². The van der Waals surface area contributed by atoms with Gasteiger partial charge in [0, 0.05) is 22.3 Å². The standard InChI is InChI=1S/C48H58O7/c1-45(2,3)31-25-35-39(43(49)54-41(35)37(27-31)47(7,8)9)29-13-17-33(18-14-29)52-23-21-51-22-24-53-34-19-15-30(16-20-34)40-36-26-32(46(4,5)6)28-38(48(10,11)12)42(36)55-44(40)50/h13-20,25-28,39-40H,21-24H2,1-12H3. The maximum absolute atomic E-state index is 13.2. The van der Waals surface area contributed by atoms with E-state index in [2.05, 4.69) is 107 Å². The molecule has 0 saturated carbocycles. The van der Waals surface area contributed by atoms with Gasteiger partial charge in [-0.25, -0.2) is 0 Å². The lowest BCUT2D eigenvalue weighted by Gasteiger charge is -2.27. The van der Waals surface area contributed by atoms with Crippen LogP contribution in [0, 0.1) is 0 Å². The Morgan fingerprint density at radius 3 is 1.13 bits per heavy atom. The Balaban J connectivity index is 0.999. The van der Waals surface area contributed by atoms with Crippen molar-refractivity contribution in [3.63, 3.8) is 0 Å². The van der Waals surface area contributed by atoms with Crippen LogP contribution in [0.4, 0.5) is 0 Å². The molecule has 4 aromatic rings. The minimum atomic E-state index is -0.480. The lowest BCUT2D eigenvalue weighted by molar-refractivity contribution is -0.134. The third-order valence-corrected chi connectivity index (χ3v) is 10.5. The molecule has 292 valence electrons. The van der Waals surface area contributed by atoms with Crippen molar-refractivity contribution in [2.75, 3.05) is 26.4 Å². The fraction of sp³-hybridized carbons (Fsp3) is 0.458. The fourth-order valence-corrected chi connectivity index (χ4v) is 7.20. The van der Waals surface area contributed by atoms with Gasteiger partial charge in [0.25, 0.3) is 0 Å². The maximum atomic E-state index is 13.2. The molecule has 2 unspecified atom stereocenters. The molecule has 0 N–H and O–H groups in total. The van der Waals surface area contributed by atoms with Gasteiger partial charge < -0.3 is 23.7 Å². The van der Waals surface area contributed by atoms with E-state index in [0.29, 0.717) is 49.4 Å². The Labute approximate surface area is 327 Å². The van der Waals surface area contributed by atoms with E-state index in [1.54, 1.807) is 0 Å². The highest BCUT2D eigenvalue weighted by Crippen LogP contribution is 2.49. The number of hydrogen-bond acceptors (Lipinski definition) is 7. The molecule has 0 spiro atoms. The summed E-state index contributed by atoms with van der Waals surface area (Å²) >= 11 is 0. The molecule has 0 radical (unpaired) electrons. The van der Waals surface area contributed by atoms with Crippen molar-refractivity contribution >= 4 is 11.9 Å². The highest BCUT2D eigenvalue weighted by molar-refractivity contribution is 5.91. The van der Waals surface area contributed by atoms with Crippen molar-refractivity contribution in [2.45, 2.75) is 117 Å². The molecule has 7 nitrogen and oxygen atoms in total. The third-order valence-electron chi connectivity index (χ3n) is 10.5. The Kier molecular flexibility index (Phi) is 10.8. The van der Waals surface area contributed by atoms with E-state index in [4.69, 9.17) is 23.7 Å². The summed E-state index contributed by atoms with van der Waals surface area (Å²) in [7, 11) is 0. The first-order valence-corrected chi connectivity index (χ1v) is 19.5. The van der Waals surface area contributed by atoms with Crippen LogP contribution in [0.25, 0.3) is 0 Å². The number of carbonyl (C=O) groups is 2. The van der Waals surface area contributed by atoms with Crippen LogP contribution in [0.1, 0.15) is 139 Å². The number of fused-ring (bicyclic) bond motifs is 2. The second-order valence-electron chi connectivity index (χ2n) is 19.0. The normalized spacial score (nSPS) is 17.1. The predicted molar refractivity (Wildman–Crippen MR) is 217 cm³/mol. The lowest BCUT2D eigenvalue weighted by atomic mass is 9.77. The average molecular weight is 747 g/mol. The van der Waals surface area contributed by atoms with Gasteiger partial charge in [0.2, 0.25) is 0 Å². The van der Waals surface area contributed by atoms with E-state index in [9.17, 15) is 9.59 Å². The van der Waals surface area contributed by atoms with E-state index >= 15 is 0 Å². The summed E-state index contributed by atoms with van der Waals surface area (Å²) in [6, 6.07) is 24.0. The van der Waals surface area contributed by atoms with Crippen LogP contribution in [0.2, 0.25) is 0 Å². The van der Waals surface area contributed by atoms with Crippen molar-refractivity contribution in [2.24, 2.45) is 0 Å². The van der Waals surface area contributed by atoms with Gasteiger partial charge in [0.15, 0.2) is 0 Å². The van der Waals surface area contributed by atoms with Crippen LogP contribution < -0.4 is 18.9 Å². The van der Waals surface area contributed by atoms with Gasteiger partial charge in [-0.05, 0) is 68.2 Å². The van der Waals surface area contributed by atoms with E-state index in [1.807, 2.05) is 48.5 Å². The summed E-state index contributed by atoms with van der Waals surface area (Å²) in [4.78, 5) is 26.5. The molecular formula is C48H58O7. The highest BCUT2D eigenvalue weighted by atomic mass is 16.6. The molecule has 0 aliphatic carbocycles. The van der Waals surface area contributed by atoms with Gasteiger partial charge in [-0.15, -0.1) is 0 Å². The molecule has 6 rings (SSSR count). The van der Waals surface area contributed by atoms with E-state index in [-0.39, 0.29) is 33.6 Å². The Bertz CT molecular complexity index is 1900. The molecule has 0 bridgehead atoms. The van der Waals surface area contributed by atoms with Gasteiger partial charge in [-0.1, -0.05) is 132 Å². The van der Waals surface area contributed by atoms with Crippen LogP contribution in [0.3, 0.4) is 0 Å². The van der Waals surface area contributed by atoms with Gasteiger partial charge in [0.1, 0.15) is 48.0 Å². The molecule has 2 aliphatic heterocycles. The SMILES string of the molecule is CC(C)(C)c1cc2c(c(C(C)(C)C)c1)OC(=O)C2c1ccc(OCCOCCOc2ccc(C3C(=O)Oc4c3cc(C(C)(C)C)cc4C(C)(C)C)cc2)cc1.